The van der Waals surface area contributed by atoms with Crippen molar-refractivity contribution in [1.29, 1.82) is 0 Å². The quantitative estimate of drug-likeness (QED) is 0.815. The summed E-state index contributed by atoms with van der Waals surface area (Å²) in [5.74, 6) is -0.216. The maximum Gasteiger partial charge on any atom is 0.254 e. The van der Waals surface area contributed by atoms with Crippen molar-refractivity contribution in [2.75, 3.05) is 19.6 Å². The van der Waals surface area contributed by atoms with Crippen LogP contribution < -0.4 is 0 Å². The Morgan fingerprint density at radius 1 is 1.04 bits per heavy atom. The largest absolute Gasteiger partial charge is 0.334 e. The highest BCUT2D eigenvalue weighted by Crippen LogP contribution is 2.30. The van der Waals surface area contributed by atoms with E-state index >= 15 is 0 Å². The van der Waals surface area contributed by atoms with Crippen molar-refractivity contribution in [2.24, 2.45) is 5.92 Å². The Kier molecular flexibility index (Phi) is 4.96. The van der Waals surface area contributed by atoms with Gasteiger partial charge in [0, 0.05) is 37.8 Å². The van der Waals surface area contributed by atoms with Crippen LogP contribution in [0.5, 0.6) is 0 Å². The molecule has 5 rings (SSSR count). The van der Waals surface area contributed by atoms with E-state index in [-0.39, 0.29) is 23.6 Å². The number of hydrogen-bond acceptors (Lipinski definition) is 2. The molecule has 5 heteroatoms. The third kappa shape index (κ3) is 3.88. The molecular formula is C22H24F2N2O. The van der Waals surface area contributed by atoms with E-state index in [4.69, 9.17) is 0 Å². The summed E-state index contributed by atoms with van der Waals surface area (Å²) in [6.45, 7) is 4.91. The summed E-state index contributed by atoms with van der Waals surface area (Å²) in [5, 5.41) is 0. The Morgan fingerprint density at radius 2 is 1.81 bits per heavy atom. The molecule has 3 aliphatic heterocycles. The van der Waals surface area contributed by atoms with Crippen LogP contribution in [-0.2, 0) is 6.54 Å². The van der Waals surface area contributed by atoms with Gasteiger partial charge in [0.05, 0.1) is 0 Å². The van der Waals surface area contributed by atoms with Crippen LogP contribution in [0.25, 0.3) is 0 Å². The minimum atomic E-state index is -0.334. The number of halogens is 2. The van der Waals surface area contributed by atoms with Gasteiger partial charge in [-0.3, -0.25) is 9.69 Å². The van der Waals surface area contributed by atoms with Crippen molar-refractivity contribution in [3.05, 3.63) is 70.8 Å². The predicted molar refractivity (Wildman–Crippen MR) is 100 cm³/mol. The number of carbonyl (C=O) groups excluding carboxylic acids is 1. The molecule has 27 heavy (non-hydrogen) atoms. The number of benzene rings is 2. The van der Waals surface area contributed by atoms with E-state index in [2.05, 4.69) is 4.90 Å². The number of amides is 1. The molecule has 2 aromatic rings. The van der Waals surface area contributed by atoms with Gasteiger partial charge in [0.25, 0.3) is 5.91 Å². The van der Waals surface area contributed by atoms with E-state index in [9.17, 15) is 13.6 Å². The van der Waals surface area contributed by atoms with E-state index in [1.165, 1.54) is 18.2 Å². The summed E-state index contributed by atoms with van der Waals surface area (Å²) in [7, 11) is 0. The first-order valence-corrected chi connectivity index (χ1v) is 9.53. The van der Waals surface area contributed by atoms with E-state index in [1.807, 2.05) is 17.0 Å². The van der Waals surface area contributed by atoms with E-state index in [1.54, 1.807) is 19.1 Å². The van der Waals surface area contributed by atoms with Crippen LogP contribution in [0.15, 0.2) is 42.5 Å². The molecule has 3 fully saturated rings. The first-order valence-electron chi connectivity index (χ1n) is 9.53. The summed E-state index contributed by atoms with van der Waals surface area (Å²) >= 11 is 0. The van der Waals surface area contributed by atoms with Gasteiger partial charge in [-0.2, -0.15) is 0 Å². The second-order valence-electron chi connectivity index (χ2n) is 7.84. The van der Waals surface area contributed by atoms with Gasteiger partial charge >= 0.3 is 0 Å². The second kappa shape index (κ2) is 7.39. The fraction of sp³-hybridized carbons (Fsp3) is 0.409. The predicted octanol–water partition coefficient (Wildman–Crippen LogP) is 4.01. The van der Waals surface area contributed by atoms with Crippen molar-refractivity contribution in [2.45, 2.75) is 32.4 Å². The van der Waals surface area contributed by atoms with E-state index in [0.717, 1.165) is 44.6 Å². The fourth-order valence-corrected chi connectivity index (χ4v) is 4.30. The second-order valence-corrected chi connectivity index (χ2v) is 7.84. The molecule has 3 aliphatic rings. The lowest BCUT2D eigenvalue weighted by atomic mass is 9.94. The molecule has 0 aromatic heterocycles. The molecule has 142 valence electrons. The zero-order valence-corrected chi connectivity index (χ0v) is 15.5. The van der Waals surface area contributed by atoms with Gasteiger partial charge in [-0.05, 0) is 61.1 Å². The highest BCUT2D eigenvalue weighted by Gasteiger charge is 2.37. The molecular weight excluding hydrogens is 346 g/mol. The molecule has 0 saturated carbocycles. The minimum absolute atomic E-state index is 0.0766. The van der Waals surface area contributed by atoms with Crippen LogP contribution in [0.1, 0.15) is 34.3 Å². The zero-order chi connectivity index (χ0) is 19.0. The highest BCUT2D eigenvalue weighted by molar-refractivity contribution is 5.94. The number of nitrogens with zero attached hydrogens (tertiary/aromatic N) is 2. The van der Waals surface area contributed by atoms with Crippen LogP contribution >= 0.6 is 0 Å². The van der Waals surface area contributed by atoms with Crippen LogP contribution in [-0.4, -0.2) is 41.4 Å². The zero-order valence-electron chi connectivity index (χ0n) is 15.5. The number of fused-ring (bicyclic) bond motifs is 4. The maximum absolute atomic E-state index is 13.9. The smallest absolute Gasteiger partial charge is 0.254 e. The van der Waals surface area contributed by atoms with Gasteiger partial charge in [0.2, 0.25) is 0 Å². The molecule has 0 unspecified atom stereocenters. The molecule has 2 bridgehead atoms. The van der Waals surface area contributed by atoms with E-state index in [0.29, 0.717) is 17.0 Å². The molecule has 3 nitrogen and oxygen atoms in total. The summed E-state index contributed by atoms with van der Waals surface area (Å²) in [6.07, 6.45) is 2.08. The molecule has 3 heterocycles. The van der Waals surface area contributed by atoms with Gasteiger partial charge < -0.3 is 4.90 Å². The lowest BCUT2D eigenvalue weighted by molar-refractivity contribution is 0.0584. The van der Waals surface area contributed by atoms with Gasteiger partial charge in [0.15, 0.2) is 0 Å². The van der Waals surface area contributed by atoms with Crippen molar-refractivity contribution >= 4 is 5.91 Å². The van der Waals surface area contributed by atoms with Crippen molar-refractivity contribution in [3.63, 3.8) is 0 Å². The normalized spacial score (nSPS) is 22.7. The van der Waals surface area contributed by atoms with Gasteiger partial charge in [-0.1, -0.05) is 18.2 Å². The third-order valence-electron chi connectivity index (χ3n) is 5.79. The average molecular weight is 370 g/mol. The first kappa shape index (κ1) is 18.1. The topological polar surface area (TPSA) is 23.6 Å². The van der Waals surface area contributed by atoms with Gasteiger partial charge in [-0.25, -0.2) is 8.78 Å². The number of aryl methyl sites for hydroxylation is 1. The number of hydrogen-bond donors (Lipinski definition) is 0. The van der Waals surface area contributed by atoms with Crippen LogP contribution in [0.3, 0.4) is 0 Å². The highest BCUT2D eigenvalue weighted by atomic mass is 19.1. The van der Waals surface area contributed by atoms with Crippen LogP contribution in [0, 0.1) is 24.5 Å². The fourth-order valence-electron chi connectivity index (χ4n) is 4.30. The van der Waals surface area contributed by atoms with Crippen LogP contribution in [0.4, 0.5) is 8.78 Å². The molecule has 0 radical (unpaired) electrons. The standard InChI is InChI=1S/C22H24F2N2O/c1-15-2-6-18(10-21(15)24)22(27)26-13-17-5-9-20(26)14-25(12-17)11-16-3-7-19(23)8-4-16/h2-4,6-8,10,17,20H,5,9,11-14H2,1H3/t17-,20+/m0/s1. The maximum atomic E-state index is 13.9. The summed E-state index contributed by atoms with van der Waals surface area (Å²) < 4.78 is 27.0. The van der Waals surface area contributed by atoms with Crippen molar-refractivity contribution < 1.29 is 13.6 Å². The number of rotatable bonds is 3. The van der Waals surface area contributed by atoms with Crippen molar-refractivity contribution in [1.82, 2.24) is 9.80 Å². The monoisotopic (exact) mass is 370 g/mol. The molecule has 1 amide bonds. The molecule has 2 aromatic carbocycles. The van der Waals surface area contributed by atoms with Gasteiger partial charge in [0.1, 0.15) is 11.6 Å². The molecule has 0 N–H and O–H groups in total. The lowest BCUT2D eigenvalue weighted by Crippen LogP contribution is -2.47. The molecule has 2 atom stereocenters. The Balaban J connectivity index is 1.49. The third-order valence-corrected chi connectivity index (χ3v) is 5.79. The van der Waals surface area contributed by atoms with E-state index < -0.39 is 0 Å². The average Bonchev–Trinajstić information content (AvgIpc) is 2.96. The first-order chi connectivity index (χ1) is 13.0. The SMILES string of the molecule is Cc1ccc(C(=O)N2C[C@H]3CC[C@@H]2CN(Cc2ccc(F)cc2)C3)cc1F. The molecule has 0 aliphatic carbocycles. The summed E-state index contributed by atoms with van der Waals surface area (Å²) in [6, 6.07) is 11.5. The lowest BCUT2D eigenvalue weighted by Gasteiger charge is -2.36. The Bertz CT molecular complexity index is 837. The molecule has 3 saturated heterocycles. The minimum Gasteiger partial charge on any atom is -0.334 e. The van der Waals surface area contributed by atoms with Crippen molar-refractivity contribution in [3.8, 4) is 0 Å². The Labute approximate surface area is 158 Å². The Morgan fingerprint density at radius 3 is 2.56 bits per heavy atom. The summed E-state index contributed by atoms with van der Waals surface area (Å²) in [5.41, 5.74) is 2.06. The van der Waals surface area contributed by atoms with Crippen LogP contribution in [0.2, 0.25) is 0 Å². The van der Waals surface area contributed by atoms with Gasteiger partial charge in [-0.15, -0.1) is 0 Å². The number of carbonyl (C=O) groups is 1. The summed E-state index contributed by atoms with van der Waals surface area (Å²) in [4.78, 5) is 17.3. The number of piperidine rings is 1. The Hall–Kier alpha value is -2.27. The molecule has 0 spiro atoms.